The Morgan fingerprint density at radius 1 is 1.03 bits per heavy atom. The maximum absolute atomic E-state index is 12.2. The largest absolute Gasteiger partial charge is 0.490 e. The molecule has 0 aliphatic carbocycles. The van der Waals surface area contributed by atoms with Crippen molar-refractivity contribution in [2.45, 2.75) is 45.3 Å². The lowest BCUT2D eigenvalue weighted by Crippen LogP contribution is -2.42. The maximum atomic E-state index is 12.2. The van der Waals surface area contributed by atoms with Gasteiger partial charge in [0, 0.05) is 68.2 Å². The Morgan fingerprint density at radius 2 is 1.79 bits per heavy atom. The van der Waals surface area contributed by atoms with E-state index in [9.17, 15) is 4.79 Å². The van der Waals surface area contributed by atoms with Crippen LogP contribution in [0.25, 0.3) is 11.1 Å². The predicted molar refractivity (Wildman–Crippen MR) is 133 cm³/mol. The summed E-state index contributed by atoms with van der Waals surface area (Å²) >= 11 is 0. The van der Waals surface area contributed by atoms with E-state index >= 15 is 0 Å². The Labute approximate surface area is 200 Å². The molecule has 0 saturated carbocycles. The standard InChI is InChI=1S/C27H32N4O3/c1-19(2)33-27(32)30-14-11-23(12-15-30)34-26-6-4-5-25-24(26)13-16-31(25)22-9-7-20(8-10-22)21-17-28-29(3)18-21/h4-10,17-19,23H,11-16H2,1-3H3. The number of aromatic nitrogens is 2. The summed E-state index contributed by atoms with van der Waals surface area (Å²) in [4.78, 5) is 16.3. The lowest BCUT2D eigenvalue weighted by Gasteiger charge is -2.32. The molecule has 5 rings (SSSR count). The molecule has 2 aliphatic rings. The Hall–Kier alpha value is -3.48. The number of fused-ring (bicyclic) bond motifs is 1. The van der Waals surface area contributed by atoms with Crippen molar-refractivity contribution in [2.24, 2.45) is 7.05 Å². The highest BCUT2D eigenvalue weighted by Crippen LogP contribution is 2.40. The van der Waals surface area contributed by atoms with Gasteiger partial charge in [-0.15, -0.1) is 0 Å². The van der Waals surface area contributed by atoms with Crippen molar-refractivity contribution in [3.8, 4) is 16.9 Å². The average Bonchev–Trinajstić information content (AvgIpc) is 3.46. The Bertz CT molecular complexity index is 1150. The fourth-order valence-electron chi connectivity index (χ4n) is 4.80. The summed E-state index contributed by atoms with van der Waals surface area (Å²) in [5, 5.41) is 4.27. The number of nitrogens with zero attached hydrogens (tertiary/aromatic N) is 4. The molecule has 0 atom stereocenters. The van der Waals surface area contributed by atoms with Crippen LogP contribution >= 0.6 is 0 Å². The number of rotatable bonds is 5. The van der Waals surface area contributed by atoms with Gasteiger partial charge in [0.2, 0.25) is 0 Å². The first-order valence-electron chi connectivity index (χ1n) is 12.1. The number of hydrogen-bond donors (Lipinski definition) is 0. The van der Waals surface area contributed by atoms with Crippen molar-refractivity contribution in [3.63, 3.8) is 0 Å². The zero-order valence-corrected chi connectivity index (χ0v) is 20.1. The monoisotopic (exact) mass is 460 g/mol. The van der Waals surface area contributed by atoms with Crippen LogP contribution in [0.2, 0.25) is 0 Å². The number of likely N-dealkylation sites (tertiary alicyclic amines) is 1. The van der Waals surface area contributed by atoms with E-state index in [0.29, 0.717) is 13.1 Å². The quantitative estimate of drug-likeness (QED) is 0.526. The second kappa shape index (κ2) is 9.41. The van der Waals surface area contributed by atoms with Gasteiger partial charge in [0.15, 0.2) is 0 Å². The molecule has 7 heteroatoms. The summed E-state index contributed by atoms with van der Waals surface area (Å²) in [7, 11) is 1.93. The Kier molecular flexibility index (Phi) is 6.18. The fourth-order valence-corrected chi connectivity index (χ4v) is 4.80. The lowest BCUT2D eigenvalue weighted by molar-refractivity contribution is 0.0515. The molecular weight excluding hydrogens is 428 g/mol. The molecule has 0 radical (unpaired) electrons. The zero-order chi connectivity index (χ0) is 23.7. The number of amides is 1. The third-order valence-corrected chi connectivity index (χ3v) is 6.53. The Morgan fingerprint density at radius 3 is 2.47 bits per heavy atom. The summed E-state index contributed by atoms with van der Waals surface area (Å²) in [6, 6.07) is 15.0. The first-order valence-corrected chi connectivity index (χ1v) is 12.1. The summed E-state index contributed by atoms with van der Waals surface area (Å²) < 4.78 is 13.6. The van der Waals surface area contributed by atoms with Crippen molar-refractivity contribution in [2.75, 3.05) is 24.5 Å². The van der Waals surface area contributed by atoms with Crippen molar-refractivity contribution in [3.05, 3.63) is 60.4 Å². The van der Waals surface area contributed by atoms with E-state index in [1.54, 1.807) is 4.90 Å². The molecule has 2 aliphatic heterocycles. The van der Waals surface area contributed by atoms with Gasteiger partial charge in [-0.05, 0) is 50.1 Å². The molecule has 1 aromatic heterocycles. The van der Waals surface area contributed by atoms with Crippen molar-refractivity contribution in [1.82, 2.24) is 14.7 Å². The smallest absolute Gasteiger partial charge is 0.410 e. The van der Waals surface area contributed by atoms with Crippen molar-refractivity contribution in [1.29, 1.82) is 0 Å². The number of anilines is 2. The number of ether oxygens (including phenoxy) is 2. The van der Waals surface area contributed by atoms with E-state index in [0.717, 1.165) is 42.7 Å². The van der Waals surface area contributed by atoms with Crippen molar-refractivity contribution < 1.29 is 14.3 Å². The molecule has 2 aromatic carbocycles. The van der Waals surface area contributed by atoms with Crippen LogP contribution < -0.4 is 9.64 Å². The second-order valence-electron chi connectivity index (χ2n) is 9.34. The zero-order valence-electron chi connectivity index (χ0n) is 20.1. The van der Waals surface area contributed by atoms with Crippen LogP contribution in [0.4, 0.5) is 16.2 Å². The highest BCUT2D eigenvalue weighted by Gasteiger charge is 2.28. The predicted octanol–water partition coefficient (Wildman–Crippen LogP) is 5.17. The van der Waals surface area contributed by atoms with Crippen LogP contribution in [0, 0.1) is 0 Å². The molecule has 3 aromatic rings. The minimum atomic E-state index is -0.223. The molecule has 0 unspecified atom stereocenters. The van der Waals surface area contributed by atoms with Gasteiger partial charge in [-0.3, -0.25) is 4.68 Å². The van der Waals surface area contributed by atoms with Gasteiger partial charge in [0.1, 0.15) is 11.9 Å². The van der Waals surface area contributed by atoms with Crippen LogP contribution in [0.5, 0.6) is 5.75 Å². The third-order valence-electron chi connectivity index (χ3n) is 6.53. The minimum absolute atomic E-state index is 0.0946. The molecule has 0 bridgehead atoms. The SMILES string of the molecule is CC(C)OC(=O)N1CCC(Oc2cccc3c2CCN3c2ccc(-c3cnn(C)c3)cc2)CC1. The number of benzene rings is 2. The first-order chi connectivity index (χ1) is 16.5. The molecule has 0 spiro atoms. The summed E-state index contributed by atoms with van der Waals surface area (Å²) in [6.45, 7) is 6.02. The first kappa shape index (κ1) is 22.3. The van der Waals surface area contributed by atoms with E-state index in [2.05, 4.69) is 52.5 Å². The van der Waals surface area contributed by atoms with E-state index in [-0.39, 0.29) is 18.3 Å². The molecular formula is C27H32N4O3. The van der Waals surface area contributed by atoms with E-state index in [4.69, 9.17) is 9.47 Å². The molecule has 0 N–H and O–H groups in total. The number of hydrogen-bond acceptors (Lipinski definition) is 5. The van der Waals surface area contributed by atoms with Gasteiger partial charge >= 0.3 is 6.09 Å². The van der Waals surface area contributed by atoms with Gasteiger partial charge in [0.25, 0.3) is 0 Å². The minimum Gasteiger partial charge on any atom is -0.490 e. The lowest BCUT2D eigenvalue weighted by atomic mass is 10.1. The highest BCUT2D eigenvalue weighted by atomic mass is 16.6. The Balaban J connectivity index is 1.25. The van der Waals surface area contributed by atoms with Crippen LogP contribution in [0.15, 0.2) is 54.9 Å². The number of carbonyl (C=O) groups excluding carboxylic acids is 1. The molecule has 3 heterocycles. The van der Waals surface area contributed by atoms with E-state index in [1.807, 2.05) is 38.0 Å². The summed E-state index contributed by atoms with van der Waals surface area (Å²) in [5.41, 5.74) is 5.94. The van der Waals surface area contributed by atoms with E-state index in [1.165, 1.54) is 16.9 Å². The fraction of sp³-hybridized carbons (Fsp3) is 0.407. The highest BCUT2D eigenvalue weighted by molar-refractivity contribution is 5.74. The number of carbonyl (C=O) groups is 1. The number of piperidine rings is 1. The van der Waals surface area contributed by atoms with Gasteiger partial charge in [0.05, 0.1) is 12.3 Å². The van der Waals surface area contributed by atoms with Gasteiger partial charge in [-0.1, -0.05) is 18.2 Å². The topological polar surface area (TPSA) is 59.8 Å². The normalized spacial score (nSPS) is 16.1. The van der Waals surface area contributed by atoms with Crippen LogP contribution in [-0.2, 0) is 18.2 Å². The second-order valence-corrected chi connectivity index (χ2v) is 9.34. The van der Waals surface area contributed by atoms with Gasteiger partial charge in [-0.25, -0.2) is 4.79 Å². The van der Waals surface area contributed by atoms with Gasteiger partial charge < -0.3 is 19.3 Å². The van der Waals surface area contributed by atoms with Crippen LogP contribution in [-0.4, -0.2) is 52.6 Å². The van der Waals surface area contributed by atoms with Gasteiger partial charge in [-0.2, -0.15) is 5.10 Å². The molecule has 1 saturated heterocycles. The number of aryl methyl sites for hydroxylation is 1. The molecule has 1 fully saturated rings. The summed E-state index contributed by atoms with van der Waals surface area (Å²) in [5.74, 6) is 0.968. The van der Waals surface area contributed by atoms with Crippen LogP contribution in [0.1, 0.15) is 32.3 Å². The average molecular weight is 461 g/mol. The maximum Gasteiger partial charge on any atom is 0.410 e. The summed E-state index contributed by atoms with van der Waals surface area (Å²) in [6.07, 6.45) is 6.30. The molecule has 1 amide bonds. The van der Waals surface area contributed by atoms with Crippen molar-refractivity contribution >= 4 is 17.5 Å². The third kappa shape index (κ3) is 4.60. The molecule has 178 valence electrons. The van der Waals surface area contributed by atoms with E-state index < -0.39 is 0 Å². The van der Waals surface area contributed by atoms with Crippen LogP contribution in [0.3, 0.4) is 0 Å². The molecule has 34 heavy (non-hydrogen) atoms. The molecule has 7 nitrogen and oxygen atoms in total.